The first-order valence-electron chi connectivity index (χ1n) is 6.97. The molecule has 21 heavy (non-hydrogen) atoms. The van der Waals surface area contributed by atoms with E-state index in [9.17, 15) is 5.11 Å². The first kappa shape index (κ1) is 14.0. The van der Waals surface area contributed by atoms with E-state index >= 15 is 0 Å². The Morgan fingerprint density at radius 1 is 1.48 bits per heavy atom. The van der Waals surface area contributed by atoms with Crippen LogP contribution in [-0.2, 0) is 11.2 Å². The lowest BCUT2D eigenvalue weighted by Gasteiger charge is -2.16. The summed E-state index contributed by atoms with van der Waals surface area (Å²) in [5, 5.41) is 13.5. The number of pyridine rings is 1. The summed E-state index contributed by atoms with van der Waals surface area (Å²) in [6, 6.07) is 3.81. The molecule has 1 aliphatic rings. The number of anilines is 1. The van der Waals surface area contributed by atoms with Gasteiger partial charge in [0.2, 0.25) is 0 Å². The highest BCUT2D eigenvalue weighted by Gasteiger charge is 2.21. The molecule has 3 heterocycles. The van der Waals surface area contributed by atoms with Crippen molar-refractivity contribution in [2.45, 2.75) is 18.9 Å². The Kier molecular flexibility index (Phi) is 4.12. The summed E-state index contributed by atoms with van der Waals surface area (Å²) < 4.78 is 10.2. The Bertz CT molecular complexity index is 584. The summed E-state index contributed by atoms with van der Waals surface area (Å²) in [5.74, 6) is 1.94. The molecule has 0 aliphatic carbocycles. The van der Waals surface area contributed by atoms with Crippen molar-refractivity contribution in [3.8, 4) is 11.5 Å². The predicted octanol–water partition coefficient (Wildman–Crippen LogP) is 0.892. The summed E-state index contributed by atoms with van der Waals surface area (Å²) >= 11 is 0. The number of rotatable bonds is 5. The molecule has 0 saturated carbocycles. The number of hydrogen-bond acceptors (Lipinski definition) is 7. The first-order valence-corrected chi connectivity index (χ1v) is 6.97. The van der Waals surface area contributed by atoms with E-state index in [-0.39, 0.29) is 6.10 Å². The van der Waals surface area contributed by atoms with Gasteiger partial charge in [-0.15, -0.1) is 0 Å². The van der Waals surface area contributed by atoms with Crippen molar-refractivity contribution >= 4 is 5.82 Å². The van der Waals surface area contributed by atoms with Crippen LogP contribution in [0.1, 0.15) is 12.2 Å². The van der Waals surface area contributed by atoms with E-state index in [0.29, 0.717) is 31.3 Å². The van der Waals surface area contributed by atoms with E-state index in [2.05, 4.69) is 20.0 Å². The fourth-order valence-corrected chi connectivity index (χ4v) is 2.32. The molecule has 7 nitrogen and oxygen atoms in total. The second-order valence-corrected chi connectivity index (χ2v) is 5.05. The summed E-state index contributed by atoms with van der Waals surface area (Å²) in [4.78, 5) is 10.8. The predicted molar refractivity (Wildman–Crippen MR) is 75.9 cm³/mol. The lowest BCUT2D eigenvalue weighted by Crippen LogP contribution is -2.21. The summed E-state index contributed by atoms with van der Waals surface area (Å²) in [6.45, 7) is 2.02. The molecule has 1 fully saturated rings. The summed E-state index contributed by atoms with van der Waals surface area (Å²) in [7, 11) is 1.64. The molecule has 0 aromatic carbocycles. The highest BCUT2D eigenvalue weighted by Crippen LogP contribution is 2.22. The molecule has 112 valence electrons. The van der Waals surface area contributed by atoms with Gasteiger partial charge in [0, 0.05) is 32.8 Å². The van der Waals surface area contributed by atoms with Gasteiger partial charge >= 0.3 is 0 Å². The van der Waals surface area contributed by atoms with Crippen molar-refractivity contribution in [1.29, 1.82) is 0 Å². The maximum atomic E-state index is 9.55. The zero-order valence-electron chi connectivity index (χ0n) is 11.9. The first-order chi connectivity index (χ1) is 10.3. The molecule has 0 spiro atoms. The molecule has 2 aromatic heterocycles. The van der Waals surface area contributed by atoms with Crippen LogP contribution in [0.3, 0.4) is 0 Å². The third-order valence-corrected chi connectivity index (χ3v) is 3.48. The van der Waals surface area contributed by atoms with Gasteiger partial charge in [0.05, 0.1) is 18.3 Å². The maximum Gasteiger partial charge on any atom is 0.259 e. The fourth-order valence-electron chi connectivity index (χ4n) is 2.32. The minimum Gasteiger partial charge on any atom is -0.391 e. The normalized spacial score (nSPS) is 18.4. The Labute approximate surface area is 122 Å². The van der Waals surface area contributed by atoms with Crippen LogP contribution in [0.25, 0.3) is 11.5 Å². The number of hydrogen-bond donors (Lipinski definition) is 1. The third-order valence-electron chi connectivity index (χ3n) is 3.48. The quantitative estimate of drug-likeness (QED) is 0.875. The van der Waals surface area contributed by atoms with E-state index in [4.69, 9.17) is 9.26 Å². The largest absolute Gasteiger partial charge is 0.391 e. The highest BCUT2D eigenvalue weighted by atomic mass is 16.5. The molecule has 3 rings (SSSR count). The molecule has 7 heteroatoms. The van der Waals surface area contributed by atoms with Gasteiger partial charge in [0.15, 0.2) is 5.82 Å². The molecule has 1 N–H and O–H groups in total. The molecule has 1 unspecified atom stereocenters. The number of aliphatic hydroxyl groups excluding tert-OH is 1. The van der Waals surface area contributed by atoms with E-state index in [1.54, 1.807) is 13.3 Å². The molecular formula is C14H18N4O3. The lowest BCUT2D eigenvalue weighted by atomic mass is 10.3. The molecule has 0 radical (unpaired) electrons. The molecule has 1 aliphatic heterocycles. The number of aliphatic hydroxyl groups is 1. The zero-order valence-corrected chi connectivity index (χ0v) is 11.9. The van der Waals surface area contributed by atoms with Crippen molar-refractivity contribution in [2.24, 2.45) is 0 Å². The van der Waals surface area contributed by atoms with E-state index < -0.39 is 0 Å². The second-order valence-electron chi connectivity index (χ2n) is 5.05. The Morgan fingerprint density at radius 3 is 3.05 bits per heavy atom. The van der Waals surface area contributed by atoms with Crippen molar-refractivity contribution in [3.63, 3.8) is 0 Å². The van der Waals surface area contributed by atoms with E-state index in [0.717, 1.165) is 24.3 Å². The minimum absolute atomic E-state index is 0.259. The van der Waals surface area contributed by atoms with E-state index in [1.165, 1.54) is 0 Å². The molecular weight excluding hydrogens is 272 g/mol. The van der Waals surface area contributed by atoms with Crippen molar-refractivity contribution in [2.75, 3.05) is 31.7 Å². The summed E-state index contributed by atoms with van der Waals surface area (Å²) in [6.07, 6.45) is 2.87. The highest BCUT2D eigenvalue weighted by molar-refractivity contribution is 5.54. The van der Waals surface area contributed by atoms with Crippen LogP contribution in [0, 0.1) is 0 Å². The van der Waals surface area contributed by atoms with Gasteiger partial charge < -0.3 is 19.3 Å². The number of β-amino-alcohol motifs (C(OH)–C–C–N with tert-alkyl or cyclic N) is 1. The standard InChI is InChI=1S/C14H18N4O3/c1-20-7-5-12-16-14(21-17-12)10-2-3-13(15-8-10)18-6-4-11(19)9-18/h2-3,8,11,19H,4-7,9H2,1H3. The molecule has 0 amide bonds. The number of methoxy groups -OCH3 is 1. The van der Waals surface area contributed by atoms with Crippen LogP contribution in [0.4, 0.5) is 5.82 Å². The van der Waals surface area contributed by atoms with Crippen LogP contribution in [0.5, 0.6) is 0 Å². The zero-order chi connectivity index (χ0) is 14.7. The van der Waals surface area contributed by atoms with Gasteiger partial charge in [0.25, 0.3) is 5.89 Å². The van der Waals surface area contributed by atoms with Crippen molar-refractivity contribution < 1.29 is 14.4 Å². The SMILES string of the molecule is COCCc1noc(-c2ccc(N3CCC(O)C3)nc2)n1. The van der Waals surface area contributed by atoms with Crippen LogP contribution in [0.2, 0.25) is 0 Å². The van der Waals surface area contributed by atoms with Gasteiger partial charge in [-0.25, -0.2) is 4.98 Å². The van der Waals surface area contributed by atoms with E-state index in [1.807, 2.05) is 12.1 Å². The number of ether oxygens (including phenoxy) is 1. The average molecular weight is 290 g/mol. The van der Waals surface area contributed by atoms with Gasteiger partial charge in [0.1, 0.15) is 5.82 Å². The smallest absolute Gasteiger partial charge is 0.259 e. The van der Waals surface area contributed by atoms with Gasteiger partial charge in [-0.05, 0) is 18.6 Å². The molecule has 0 bridgehead atoms. The van der Waals surface area contributed by atoms with Crippen LogP contribution in [-0.4, -0.2) is 53.1 Å². The summed E-state index contributed by atoms with van der Waals surface area (Å²) in [5.41, 5.74) is 0.787. The third kappa shape index (κ3) is 3.20. The minimum atomic E-state index is -0.259. The van der Waals surface area contributed by atoms with Crippen LogP contribution < -0.4 is 4.90 Å². The molecule has 1 atom stereocenters. The Morgan fingerprint density at radius 2 is 2.38 bits per heavy atom. The average Bonchev–Trinajstić information content (AvgIpc) is 3.14. The number of nitrogens with zero attached hydrogens (tertiary/aromatic N) is 4. The van der Waals surface area contributed by atoms with Crippen molar-refractivity contribution in [3.05, 3.63) is 24.2 Å². The van der Waals surface area contributed by atoms with Gasteiger partial charge in [-0.2, -0.15) is 4.98 Å². The van der Waals surface area contributed by atoms with Crippen LogP contribution in [0.15, 0.2) is 22.9 Å². The van der Waals surface area contributed by atoms with Gasteiger partial charge in [-0.3, -0.25) is 0 Å². The molecule has 1 saturated heterocycles. The molecule has 2 aromatic rings. The topological polar surface area (TPSA) is 84.5 Å². The lowest BCUT2D eigenvalue weighted by molar-refractivity contribution is 0.198. The second kappa shape index (κ2) is 6.19. The fraction of sp³-hybridized carbons (Fsp3) is 0.500. The monoisotopic (exact) mass is 290 g/mol. The maximum absolute atomic E-state index is 9.55. The Hall–Kier alpha value is -1.99. The van der Waals surface area contributed by atoms with Gasteiger partial charge in [-0.1, -0.05) is 5.16 Å². The van der Waals surface area contributed by atoms with Crippen LogP contribution >= 0.6 is 0 Å². The van der Waals surface area contributed by atoms with Crippen molar-refractivity contribution in [1.82, 2.24) is 15.1 Å². The Balaban J connectivity index is 1.70. The number of aromatic nitrogens is 3.